The molecule has 1 aliphatic rings. The molecular formula is C15H20N2O. The maximum Gasteiger partial charge on any atom is 0.0754 e. The Morgan fingerprint density at radius 2 is 2.28 bits per heavy atom. The average Bonchev–Trinajstić information content (AvgIpc) is 3.00. The SMILES string of the molecule is CNCc1cn(CC2CCCO2)c2ccccc12. The van der Waals surface area contributed by atoms with Crippen LogP contribution in [-0.4, -0.2) is 24.3 Å². The first-order valence-corrected chi connectivity index (χ1v) is 6.71. The van der Waals surface area contributed by atoms with Crippen LogP contribution in [0.3, 0.4) is 0 Å². The van der Waals surface area contributed by atoms with Crippen molar-refractivity contribution in [3.8, 4) is 0 Å². The molecule has 3 nitrogen and oxygen atoms in total. The fraction of sp³-hybridized carbons (Fsp3) is 0.467. The zero-order valence-electron chi connectivity index (χ0n) is 10.9. The molecule has 1 saturated heterocycles. The summed E-state index contributed by atoms with van der Waals surface area (Å²) in [7, 11) is 1.99. The molecule has 1 unspecified atom stereocenters. The number of rotatable bonds is 4. The van der Waals surface area contributed by atoms with Gasteiger partial charge in [0.1, 0.15) is 0 Å². The van der Waals surface area contributed by atoms with Gasteiger partial charge in [-0.3, -0.25) is 0 Å². The molecule has 0 aliphatic carbocycles. The predicted octanol–water partition coefficient (Wildman–Crippen LogP) is 2.54. The highest BCUT2D eigenvalue weighted by Gasteiger charge is 2.17. The molecule has 1 aromatic carbocycles. The van der Waals surface area contributed by atoms with Gasteiger partial charge in [0.15, 0.2) is 0 Å². The molecule has 0 amide bonds. The van der Waals surface area contributed by atoms with Crippen LogP contribution < -0.4 is 5.32 Å². The van der Waals surface area contributed by atoms with Crippen LogP contribution in [0.25, 0.3) is 10.9 Å². The average molecular weight is 244 g/mol. The van der Waals surface area contributed by atoms with Crippen molar-refractivity contribution < 1.29 is 4.74 Å². The number of hydrogen-bond donors (Lipinski definition) is 1. The van der Waals surface area contributed by atoms with E-state index in [1.807, 2.05) is 7.05 Å². The molecule has 3 heteroatoms. The molecule has 1 N–H and O–H groups in total. The second-order valence-electron chi connectivity index (χ2n) is 4.99. The summed E-state index contributed by atoms with van der Waals surface area (Å²) in [6.07, 6.45) is 5.05. The van der Waals surface area contributed by atoms with Crippen molar-refractivity contribution in [3.63, 3.8) is 0 Å². The van der Waals surface area contributed by atoms with Gasteiger partial charge >= 0.3 is 0 Å². The van der Waals surface area contributed by atoms with Crippen molar-refractivity contribution in [1.29, 1.82) is 0 Å². The van der Waals surface area contributed by atoms with Crippen molar-refractivity contribution >= 4 is 10.9 Å². The standard InChI is InChI=1S/C15H20N2O/c1-16-9-12-10-17(11-13-5-4-8-18-13)15-7-3-2-6-14(12)15/h2-3,6-7,10,13,16H,4-5,8-9,11H2,1H3. The highest BCUT2D eigenvalue weighted by molar-refractivity contribution is 5.83. The van der Waals surface area contributed by atoms with Crippen molar-refractivity contribution in [3.05, 3.63) is 36.0 Å². The molecule has 0 radical (unpaired) electrons. The number of nitrogens with one attached hydrogen (secondary N) is 1. The molecule has 0 bridgehead atoms. The zero-order chi connectivity index (χ0) is 12.4. The Kier molecular flexibility index (Phi) is 3.35. The lowest BCUT2D eigenvalue weighted by molar-refractivity contribution is 0.0980. The van der Waals surface area contributed by atoms with Crippen LogP contribution in [0.1, 0.15) is 18.4 Å². The van der Waals surface area contributed by atoms with E-state index in [0.29, 0.717) is 6.10 Å². The van der Waals surface area contributed by atoms with E-state index in [9.17, 15) is 0 Å². The maximum absolute atomic E-state index is 5.74. The van der Waals surface area contributed by atoms with Crippen molar-refractivity contribution in [2.75, 3.05) is 13.7 Å². The minimum absolute atomic E-state index is 0.392. The predicted molar refractivity (Wildman–Crippen MR) is 73.7 cm³/mol. The van der Waals surface area contributed by atoms with Crippen LogP contribution in [0.15, 0.2) is 30.5 Å². The van der Waals surface area contributed by atoms with Gasteiger partial charge in [-0.1, -0.05) is 18.2 Å². The van der Waals surface area contributed by atoms with Gasteiger partial charge in [0, 0.05) is 36.8 Å². The lowest BCUT2D eigenvalue weighted by Gasteiger charge is -2.11. The fourth-order valence-electron chi connectivity index (χ4n) is 2.81. The number of nitrogens with zero attached hydrogens (tertiary/aromatic N) is 1. The molecule has 1 aromatic heterocycles. The highest BCUT2D eigenvalue weighted by Crippen LogP contribution is 2.23. The summed E-state index contributed by atoms with van der Waals surface area (Å²) in [4.78, 5) is 0. The summed E-state index contributed by atoms with van der Waals surface area (Å²) in [5.74, 6) is 0. The molecule has 0 spiro atoms. The highest BCUT2D eigenvalue weighted by atomic mass is 16.5. The third-order valence-electron chi connectivity index (χ3n) is 3.66. The maximum atomic E-state index is 5.74. The first kappa shape index (κ1) is 11.8. The van der Waals surface area contributed by atoms with Crippen LogP contribution in [0, 0.1) is 0 Å². The number of fused-ring (bicyclic) bond motifs is 1. The van der Waals surface area contributed by atoms with E-state index in [2.05, 4.69) is 40.3 Å². The van der Waals surface area contributed by atoms with Gasteiger partial charge < -0.3 is 14.6 Å². The summed E-state index contributed by atoms with van der Waals surface area (Å²) in [6.45, 7) is 2.82. The zero-order valence-corrected chi connectivity index (χ0v) is 10.9. The Hall–Kier alpha value is -1.32. The van der Waals surface area contributed by atoms with Crippen LogP contribution in [0.4, 0.5) is 0 Å². The van der Waals surface area contributed by atoms with Crippen LogP contribution in [0.2, 0.25) is 0 Å². The molecule has 1 fully saturated rings. The van der Waals surface area contributed by atoms with Crippen LogP contribution in [-0.2, 0) is 17.8 Å². The lowest BCUT2D eigenvalue weighted by atomic mass is 10.2. The number of aromatic nitrogens is 1. The van der Waals surface area contributed by atoms with Gasteiger partial charge in [0.05, 0.1) is 6.10 Å². The van der Waals surface area contributed by atoms with Crippen LogP contribution in [0.5, 0.6) is 0 Å². The Morgan fingerprint density at radius 1 is 1.39 bits per heavy atom. The summed E-state index contributed by atoms with van der Waals surface area (Å²) in [5, 5.41) is 4.59. The minimum Gasteiger partial charge on any atom is -0.376 e. The molecule has 1 aliphatic heterocycles. The Labute approximate surface area is 108 Å². The van der Waals surface area contributed by atoms with E-state index < -0.39 is 0 Å². The number of para-hydroxylation sites is 1. The Morgan fingerprint density at radius 3 is 3.06 bits per heavy atom. The molecular weight excluding hydrogens is 224 g/mol. The second kappa shape index (κ2) is 5.12. The third-order valence-corrected chi connectivity index (χ3v) is 3.66. The van der Waals surface area contributed by atoms with Crippen LogP contribution >= 0.6 is 0 Å². The smallest absolute Gasteiger partial charge is 0.0754 e. The minimum atomic E-state index is 0.392. The van der Waals surface area contributed by atoms with Gasteiger partial charge in [0.2, 0.25) is 0 Å². The molecule has 0 saturated carbocycles. The molecule has 96 valence electrons. The molecule has 2 heterocycles. The van der Waals surface area contributed by atoms with Gasteiger partial charge in [-0.25, -0.2) is 0 Å². The first-order valence-electron chi connectivity index (χ1n) is 6.71. The number of benzene rings is 1. The van der Waals surface area contributed by atoms with Gasteiger partial charge in [-0.05, 0) is 31.5 Å². The molecule has 3 rings (SSSR count). The second-order valence-corrected chi connectivity index (χ2v) is 4.99. The number of hydrogen-bond acceptors (Lipinski definition) is 2. The monoisotopic (exact) mass is 244 g/mol. The summed E-state index contributed by atoms with van der Waals surface area (Å²) >= 11 is 0. The summed E-state index contributed by atoms with van der Waals surface area (Å²) in [5.41, 5.74) is 2.68. The Bertz CT molecular complexity index is 526. The van der Waals surface area contributed by atoms with Gasteiger partial charge in [-0.15, -0.1) is 0 Å². The van der Waals surface area contributed by atoms with Crippen molar-refractivity contribution in [1.82, 2.24) is 9.88 Å². The van der Waals surface area contributed by atoms with E-state index in [-0.39, 0.29) is 0 Å². The summed E-state index contributed by atoms with van der Waals surface area (Å²) in [6, 6.07) is 8.62. The normalized spacial score (nSPS) is 19.7. The van der Waals surface area contributed by atoms with Crippen molar-refractivity contribution in [2.45, 2.75) is 32.0 Å². The van der Waals surface area contributed by atoms with E-state index in [0.717, 1.165) is 19.7 Å². The van der Waals surface area contributed by atoms with Crippen molar-refractivity contribution in [2.24, 2.45) is 0 Å². The van der Waals surface area contributed by atoms with E-state index in [1.165, 1.54) is 29.3 Å². The number of ether oxygens (including phenoxy) is 1. The first-order chi connectivity index (χ1) is 8.88. The summed E-state index contributed by atoms with van der Waals surface area (Å²) < 4.78 is 8.08. The lowest BCUT2D eigenvalue weighted by Crippen LogP contribution is -2.14. The molecule has 18 heavy (non-hydrogen) atoms. The van der Waals surface area contributed by atoms with Gasteiger partial charge in [0.25, 0.3) is 0 Å². The van der Waals surface area contributed by atoms with E-state index >= 15 is 0 Å². The quantitative estimate of drug-likeness (QED) is 0.894. The third kappa shape index (κ3) is 2.16. The van der Waals surface area contributed by atoms with Gasteiger partial charge in [-0.2, -0.15) is 0 Å². The molecule has 2 aromatic rings. The van der Waals surface area contributed by atoms with E-state index in [4.69, 9.17) is 4.74 Å². The topological polar surface area (TPSA) is 26.2 Å². The fourth-order valence-corrected chi connectivity index (χ4v) is 2.81. The molecule has 1 atom stereocenters. The largest absolute Gasteiger partial charge is 0.376 e. The van der Waals surface area contributed by atoms with E-state index in [1.54, 1.807) is 0 Å². The Balaban J connectivity index is 1.94.